The Morgan fingerprint density at radius 2 is 2.15 bits per heavy atom. The molecule has 6 nitrogen and oxygen atoms in total. The van der Waals surface area contributed by atoms with Gasteiger partial charge in [-0.25, -0.2) is 0 Å². The Labute approximate surface area is 149 Å². The molecule has 1 fully saturated rings. The summed E-state index contributed by atoms with van der Waals surface area (Å²) < 4.78 is 46.0. The van der Waals surface area contributed by atoms with Crippen molar-refractivity contribution in [3.05, 3.63) is 24.3 Å². The van der Waals surface area contributed by atoms with Crippen molar-refractivity contribution in [2.24, 2.45) is 0 Å². The predicted molar refractivity (Wildman–Crippen MR) is 87.8 cm³/mol. The quantitative estimate of drug-likeness (QED) is 0.711. The summed E-state index contributed by atoms with van der Waals surface area (Å²) in [4.78, 5) is 25.7. The standard InChI is InChI=1S/C17H21F3N2O4/c1-2-25-10-4-7-15(23)21-14-8-9-22(16(14)24)12-5-3-6-13(11-12)26-17(18,19)20/h3,5-6,11,14H,2,4,7-10H2,1H3,(H,21,23)/t14-/m1/s1. The van der Waals surface area contributed by atoms with E-state index in [4.69, 9.17) is 4.74 Å². The van der Waals surface area contributed by atoms with Gasteiger partial charge in [0.15, 0.2) is 0 Å². The number of amides is 2. The SMILES string of the molecule is CCOCCCC(=O)N[C@@H]1CCN(c2cccc(OC(F)(F)F)c2)C1=O. The van der Waals surface area contributed by atoms with E-state index in [0.29, 0.717) is 38.3 Å². The van der Waals surface area contributed by atoms with Crippen molar-refractivity contribution in [2.75, 3.05) is 24.7 Å². The van der Waals surface area contributed by atoms with Gasteiger partial charge in [-0.15, -0.1) is 13.2 Å². The van der Waals surface area contributed by atoms with Crippen LogP contribution < -0.4 is 15.0 Å². The van der Waals surface area contributed by atoms with Crippen LogP contribution in [0.4, 0.5) is 18.9 Å². The molecular weight excluding hydrogens is 353 g/mol. The molecule has 0 radical (unpaired) electrons. The molecule has 0 unspecified atom stereocenters. The number of anilines is 1. The zero-order chi connectivity index (χ0) is 19.2. The predicted octanol–water partition coefficient (Wildman–Crippen LogP) is 2.62. The summed E-state index contributed by atoms with van der Waals surface area (Å²) in [7, 11) is 0. The number of nitrogens with one attached hydrogen (secondary N) is 1. The van der Waals surface area contributed by atoms with Crippen molar-refractivity contribution in [1.29, 1.82) is 0 Å². The lowest BCUT2D eigenvalue weighted by Crippen LogP contribution is -2.41. The third kappa shape index (κ3) is 5.91. The van der Waals surface area contributed by atoms with Gasteiger partial charge in [0.2, 0.25) is 11.8 Å². The maximum absolute atomic E-state index is 12.4. The van der Waals surface area contributed by atoms with E-state index in [0.717, 1.165) is 12.1 Å². The molecular formula is C17H21F3N2O4. The van der Waals surface area contributed by atoms with E-state index < -0.39 is 18.2 Å². The van der Waals surface area contributed by atoms with Crippen LogP contribution in [0.2, 0.25) is 0 Å². The fraction of sp³-hybridized carbons (Fsp3) is 0.529. The van der Waals surface area contributed by atoms with Crippen LogP contribution in [-0.4, -0.2) is 44.0 Å². The Morgan fingerprint density at radius 3 is 2.85 bits per heavy atom. The van der Waals surface area contributed by atoms with Crippen LogP contribution in [0.5, 0.6) is 5.75 Å². The number of ether oxygens (including phenoxy) is 2. The second-order valence-corrected chi connectivity index (χ2v) is 5.74. The Bertz CT molecular complexity index is 637. The summed E-state index contributed by atoms with van der Waals surface area (Å²) in [5.41, 5.74) is 0.296. The maximum Gasteiger partial charge on any atom is 0.573 e. The molecule has 1 N–H and O–H groups in total. The third-order valence-corrected chi connectivity index (χ3v) is 3.80. The molecule has 1 aliphatic rings. The maximum atomic E-state index is 12.4. The van der Waals surface area contributed by atoms with Gasteiger partial charge in [-0.05, 0) is 31.9 Å². The largest absolute Gasteiger partial charge is 0.573 e. The molecule has 2 amide bonds. The van der Waals surface area contributed by atoms with Gasteiger partial charge in [-0.1, -0.05) is 6.07 Å². The van der Waals surface area contributed by atoms with Crippen LogP contribution in [0.1, 0.15) is 26.2 Å². The number of rotatable bonds is 8. The fourth-order valence-corrected chi connectivity index (χ4v) is 2.66. The summed E-state index contributed by atoms with van der Waals surface area (Å²) in [5, 5.41) is 2.66. The van der Waals surface area contributed by atoms with Gasteiger partial charge in [0, 0.05) is 37.9 Å². The van der Waals surface area contributed by atoms with Crippen LogP contribution in [0.15, 0.2) is 24.3 Å². The first-order valence-electron chi connectivity index (χ1n) is 8.34. The van der Waals surface area contributed by atoms with E-state index >= 15 is 0 Å². The van der Waals surface area contributed by atoms with Crippen molar-refractivity contribution >= 4 is 17.5 Å². The van der Waals surface area contributed by atoms with Gasteiger partial charge >= 0.3 is 6.36 Å². The lowest BCUT2D eigenvalue weighted by atomic mass is 10.2. The molecule has 144 valence electrons. The Morgan fingerprint density at radius 1 is 1.38 bits per heavy atom. The first kappa shape index (κ1) is 20.0. The molecule has 1 aliphatic heterocycles. The second-order valence-electron chi connectivity index (χ2n) is 5.74. The summed E-state index contributed by atoms with van der Waals surface area (Å²) in [5.74, 6) is -1.00. The first-order valence-corrected chi connectivity index (χ1v) is 8.34. The average molecular weight is 374 g/mol. The Balaban J connectivity index is 1.92. The number of hydrogen-bond acceptors (Lipinski definition) is 4. The molecule has 0 aliphatic carbocycles. The zero-order valence-electron chi connectivity index (χ0n) is 14.3. The van der Waals surface area contributed by atoms with Crippen molar-refractivity contribution in [2.45, 2.75) is 38.6 Å². The summed E-state index contributed by atoms with van der Waals surface area (Å²) >= 11 is 0. The van der Waals surface area contributed by atoms with E-state index in [-0.39, 0.29) is 18.2 Å². The van der Waals surface area contributed by atoms with Crippen LogP contribution in [0, 0.1) is 0 Å². The highest BCUT2D eigenvalue weighted by molar-refractivity contribution is 6.01. The normalized spacial score (nSPS) is 17.5. The smallest absolute Gasteiger partial charge is 0.406 e. The number of carbonyl (C=O) groups is 2. The lowest BCUT2D eigenvalue weighted by Gasteiger charge is -2.18. The number of carbonyl (C=O) groups excluding carboxylic acids is 2. The number of benzene rings is 1. The third-order valence-electron chi connectivity index (χ3n) is 3.80. The topological polar surface area (TPSA) is 67.9 Å². The molecule has 1 saturated heterocycles. The van der Waals surface area contributed by atoms with Gasteiger partial charge < -0.3 is 19.7 Å². The van der Waals surface area contributed by atoms with E-state index in [1.54, 1.807) is 0 Å². The number of hydrogen-bond donors (Lipinski definition) is 1. The van der Waals surface area contributed by atoms with E-state index in [9.17, 15) is 22.8 Å². The van der Waals surface area contributed by atoms with Gasteiger partial charge in [-0.3, -0.25) is 9.59 Å². The molecule has 0 bridgehead atoms. The first-order chi connectivity index (χ1) is 12.3. The molecule has 2 rings (SSSR count). The Hall–Kier alpha value is -2.29. The highest BCUT2D eigenvalue weighted by atomic mass is 19.4. The average Bonchev–Trinajstić information content (AvgIpc) is 2.91. The lowest BCUT2D eigenvalue weighted by molar-refractivity contribution is -0.274. The van der Waals surface area contributed by atoms with E-state index in [2.05, 4.69) is 10.1 Å². The van der Waals surface area contributed by atoms with Crippen LogP contribution in [-0.2, 0) is 14.3 Å². The van der Waals surface area contributed by atoms with E-state index in [1.807, 2.05) is 6.92 Å². The molecule has 0 spiro atoms. The highest BCUT2D eigenvalue weighted by Gasteiger charge is 2.35. The molecule has 0 saturated carbocycles. The molecule has 1 heterocycles. The molecule has 9 heteroatoms. The van der Waals surface area contributed by atoms with Crippen molar-refractivity contribution in [1.82, 2.24) is 5.32 Å². The molecule has 0 aromatic heterocycles. The molecule has 1 aromatic rings. The summed E-state index contributed by atoms with van der Waals surface area (Å²) in [6.07, 6.45) is -3.61. The van der Waals surface area contributed by atoms with Gasteiger partial charge in [-0.2, -0.15) is 0 Å². The highest BCUT2D eigenvalue weighted by Crippen LogP contribution is 2.29. The van der Waals surface area contributed by atoms with Gasteiger partial charge in [0.25, 0.3) is 0 Å². The number of nitrogens with zero attached hydrogens (tertiary/aromatic N) is 1. The summed E-state index contributed by atoms with van der Waals surface area (Å²) in [6, 6.07) is 4.53. The van der Waals surface area contributed by atoms with Gasteiger partial charge in [0.05, 0.1) is 0 Å². The zero-order valence-corrected chi connectivity index (χ0v) is 14.3. The van der Waals surface area contributed by atoms with Crippen LogP contribution in [0.25, 0.3) is 0 Å². The summed E-state index contributed by atoms with van der Waals surface area (Å²) in [6.45, 7) is 3.22. The van der Waals surface area contributed by atoms with Crippen LogP contribution >= 0.6 is 0 Å². The number of halogens is 3. The minimum atomic E-state index is -4.80. The molecule has 1 atom stereocenters. The van der Waals surface area contributed by atoms with Crippen molar-refractivity contribution < 1.29 is 32.2 Å². The van der Waals surface area contributed by atoms with Crippen molar-refractivity contribution in [3.8, 4) is 5.75 Å². The van der Waals surface area contributed by atoms with Gasteiger partial charge in [0.1, 0.15) is 11.8 Å². The minimum Gasteiger partial charge on any atom is -0.406 e. The number of alkyl halides is 3. The fourth-order valence-electron chi connectivity index (χ4n) is 2.66. The minimum absolute atomic E-state index is 0.249. The van der Waals surface area contributed by atoms with Crippen molar-refractivity contribution in [3.63, 3.8) is 0 Å². The van der Waals surface area contributed by atoms with E-state index in [1.165, 1.54) is 17.0 Å². The molecule has 1 aromatic carbocycles. The second kappa shape index (κ2) is 8.88. The monoisotopic (exact) mass is 374 g/mol. The molecule has 26 heavy (non-hydrogen) atoms. The Kier molecular flexibility index (Phi) is 6.84. The van der Waals surface area contributed by atoms with Crippen LogP contribution in [0.3, 0.4) is 0 Å².